The SMILES string of the molecule is COc1ccccc1-c1cc(C(=O)N2CCC[C@H]2c2ccco2)no1. The van der Waals surface area contributed by atoms with E-state index in [2.05, 4.69) is 5.16 Å². The van der Waals surface area contributed by atoms with E-state index in [4.69, 9.17) is 13.7 Å². The molecule has 1 amide bonds. The summed E-state index contributed by atoms with van der Waals surface area (Å²) in [6.07, 6.45) is 3.46. The number of hydrogen-bond donors (Lipinski definition) is 0. The number of nitrogens with zero attached hydrogens (tertiary/aromatic N) is 2. The molecule has 0 aliphatic carbocycles. The molecule has 1 saturated heterocycles. The molecule has 2 aromatic heterocycles. The van der Waals surface area contributed by atoms with Crippen molar-refractivity contribution in [2.75, 3.05) is 13.7 Å². The second-order valence-electron chi connectivity index (χ2n) is 5.95. The number of methoxy groups -OCH3 is 1. The Kier molecular flexibility index (Phi) is 4.01. The van der Waals surface area contributed by atoms with Crippen LogP contribution in [0.5, 0.6) is 5.75 Å². The lowest BCUT2D eigenvalue weighted by Crippen LogP contribution is -2.30. The minimum absolute atomic E-state index is 0.0473. The fraction of sp³-hybridized carbons (Fsp3) is 0.263. The van der Waals surface area contributed by atoms with Crippen molar-refractivity contribution in [3.8, 4) is 17.1 Å². The van der Waals surface area contributed by atoms with Crippen LogP contribution in [0.25, 0.3) is 11.3 Å². The van der Waals surface area contributed by atoms with Gasteiger partial charge in [0, 0.05) is 12.6 Å². The average Bonchev–Trinajstić information content (AvgIpc) is 3.41. The molecule has 0 N–H and O–H groups in total. The Balaban J connectivity index is 1.60. The summed E-state index contributed by atoms with van der Waals surface area (Å²) in [6.45, 7) is 0.682. The van der Waals surface area contributed by atoms with Crippen LogP contribution in [0.4, 0.5) is 0 Å². The lowest BCUT2D eigenvalue weighted by molar-refractivity contribution is 0.0709. The fourth-order valence-corrected chi connectivity index (χ4v) is 3.28. The fourth-order valence-electron chi connectivity index (χ4n) is 3.28. The van der Waals surface area contributed by atoms with Gasteiger partial charge in [-0.2, -0.15) is 0 Å². The summed E-state index contributed by atoms with van der Waals surface area (Å²) in [7, 11) is 1.60. The van der Waals surface area contributed by atoms with Crippen molar-refractivity contribution in [3.63, 3.8) is 0 Å². The highest BCUT2D eigenvalue weighted by Gasteiger charge is 2.33. The van der Waals surface area contributed by atoms with Crippen LogP contribution in [-0.4, -0.2) is 29.6 Å². The first kappa shape index (κ1) is 15.5. The van der Waals surface area contributed by atoms with Crippen molar-refractivity contribution in [1.82, 2.24) is 10.1 Å². The van der Waals surface area contributed by atoms with Crippen LogP contribution >= 0.6 is 0 Å². The van der Waals surface area contributed by atoms with Gasteiger partial charge in [-0.15, -0.1) is 0 Å². The summed E-state index contributed by atoms with van der Waals surface area (Å²) in [4.78, 5) is 14.7. The topological polar surface area (TPSA) is 68.7 Å². The van der Waals surface area contributed by atoms with Crippen LogP contribution in [0.3, 0.4) is 0 Å². The van der Waals surface area contributed by atoms with Gasteiger partial charge in [0.05, 0.1) is 25.0 Å². The predicted molar refractivity (Wildman–Crippen MR) is 90.2 cm³/mol. The summed E-state index contributed by atoms with van der Waals surface area (Å²) in [6, 6.07) is 12.8. The molecule has 1 fully saturated rings. The van der Waals surface area contributed by atoms with Gasteiger partial charge in [0.1, 0.15) is 11.5 Å². The van der Waals surface area contributed by atoms with Crippen molar-refractivity contribution in [2.24, 2.45) is 0 Å². The van der Waals surface area contributed by atoms with Crippen LogP contribution in [0.15, 0.2) is 57.7 Å². The van der Waals surface area contributed by atoms with E-state index in [-0.39, 0.29) is 11.9 Å². The maximum atomic E-state index is 12.9. The monoisotopic (exact) mass is 338 g/mol. The third-order valence-electron chi connectivity index (χ3n) is 4.49. The first-order valence-corrected chi connectivity index (χ1v) is 8.22. The Bertz CT molecular complexity index is 869. The molecule has 128 valence electrons. The number of benzene rings is 1. The number of likely N-dealkylation sites (tertiary alicyclic amines) is 1. The van der Waals surface area contributed by atoms with E-state index in [0.29, 0.717) is 23.7 Å². The van der Waals surface area contributed by atoms with Gasteiger partial charge in [0.2, 0.25) is 0 Å². The van der Waals surface area contributed by atoms with E-state index in [1.807, 2.05) is 36.4 Å². The number of aromatic nitrogens is 1. The molecule has 0 saturated carbocycles. The second-order valence-corrected chi connectivity index (χ2v) is 5.95. The van der Waals surface area contributed by atoms with Crippen molar-refractivity contribution in [3.05, 3.63) is 60.2 Å². The van der Waals surface area contributed by atoms with Crippen LogP contribution in [0.1, 0.15) is 35.1 Å². The minimum atomic E-state index is -0.149. The van der Waals surface area contributed by atoms with Crippen LogP contribution in [0, 0.1) is 0 Å². The molecule has 0 radical (unpaired) electrons. The second kappa shape index (κ2) is 6.47. The first-order chi connectivity index (χ1) is 12.3. The summed E-state index contributed by atoms with van der Waals surface area (Å²) < 4.78 is 16.2. The van der Waals surface area contributed by atoms with Gasteiger partial charge < -0.3 is 18.6 Å². The van der Waals surface area contributed by atoms with Gasteiger partial charge in [0.15, 0.2) is 11.5 Å². The van der Waals surface area contributed by atoms with Gasteiger partial charge >= 0.3 is 0 Å². The maximum absolute atomic E-state index is 12.9. The molecule has 25 heavy (non-hydrogen) atoms. The average molecular weight is 338 g/mol. The van der Waals surface area contributed by atoms with Gasteiger partial charge in [-0.1, -0.05) is 17.3 Å². The summed E-state index contributed by atoms with van der Waals surface area (Å²) in [5, 5.41) is 3.98. The van der Waals surface area contributed by atoms with Crippen LogP contribution < -0.4 is 4.74 Å². The molecule has 0 spiro atoms. The molecular formula is C19H18N2O4. The van der Waals surface area contributed by atoms with Gasteiger partial charge in [-0.3, -0.25) is 4.79 Å². The van der Waals surface area contributed by atoms with Crippen molar-refractivity contribution >= 4 is 5.91 Å². The zero-order valence-corrected chi connectivity index (χ0v) is 13.8. The molecule has 1 aliphatic heterocycles. The van der Waals surface area contributed by atoms with Gasteiger partial charge in [0.25, 0.3) is 5.91 Å². The van der Waals surface area contributed by atoms with E-state index < -0.39 is 0 Å². The normalized spacial score (nSPS) is 17.0. The molecule has 1 aromatic carbocycles. The number of furan rings is 1. The van der Waals surface area contributed by atoms with Crippen LogP contribution in [0.2, 0.25) is 0 Å². The molecule has 6 nitrogen and oxygen atoms in total. The quantitative estimate of drug-likeness (QED) is 0.721. The zero-order chi connectivity index (χ0) is 17.2. The third kappa shape index (κ3) is 2.80. The smallest absolute Gasteiger partial charge is 0.276 e. The highest BCUT2D eigenvalue weighted by atomic mass is 16.5. The largest absolute Gasteiger partial charge is 0.496 e. The lowest BCUT2D eigenvalue weighted by atomic mass is 10.1. The lowest BCUT2D eigenvalue weighted by Gasteiger charge is -2.21. The Morgan fingerprint density at radius 2 is 2.16 bits per heavy atom. The van der Waals surface area contributed by atoms with Gasteiger partial charge in [-0.05, 0) is 37.1 Å². The molecule has 3 aromatic rings. The van der Waals surface area contributed by atoms with Gasteiger partial charge in [-0.25, -0.2) is 0 Å². The number of carbonyl (C=O) groups excluding carboxylic acids is 1. The third-order valence-corrected chi connectivity index (χ3v) is 4.49. The minimum Gasteiger partial charge on any atom is -0.496 e. The van der Waals surface area contributed by atoms with E-state index in [1.54, 1.807) is 24.3 Å². The number of para-hydroxylation sites is 1. The number of ether oxygens (including phenoxy) is 1. The summed E-state index contributed by atoms with van der Waals surface area (Å²) in [5.74, 6) is 1.84. The molecule has 6 heteroatoms. The van der Waals surface area contributed by atoms with Crippen molar-refractivity contribution in [2.45, 2.75) is 18.9 Å². The van der Waals surface area contributed by atoms with E-state index in [9.17, 15) is 4.79 Å². The highest BCUT2D eigenvalue weighted by Crippen LogP contribution is 2.34. The standard InChI is InChI=1S/C19H18N2O4/c1-23-16-8-3-2-6-13(16)18-12-14(20-25-18)19(22)21-10-4-7-15(21)17-9-5-11-24-17/h2-3,5-6,8-9,11-12,15H,4,7,10H2,1H3/t15-/m0/s1. The molecule has 4 rings (SSSR count). The van der Waals surface area contributed by atoms with Crippen molar-refractivity contribution in [1.29, 1.82) is 0 Å². The maximum Gasteiger partial charge on any atom is 0.276 e. The molecule has 0 bridgehead atoms. The zero-order valence-electron chi connectivity index (χ0n) is 13.8. The Labute approximate surface area is 145 Å². The molecule has 1 atom stereocenters. The first-order valence-electron chi connectivity index (χ1n) is 8.22. The molecule has 3 heterocycles. The Hall–Kier alpha value is -3.02. The number of rotatable bonds is 4. The number of amides is 1. The Morgan fingerprint density at radius 3 is 2.96 bits per heavy atom. The molecule has 0 unspecified atom stereocenters. The molecule has 1 aliphatic rings. The highest BCUT2D eigenvalue weighted by molar-refractivity contribution is 5.93. The van der Waals surface area contributed by atoms with E-state index in [1.165, 1.54) is 0 Å². The number of carbonyl (C=O) groups is 1. The molecular weight excluding hydrogens is 320 g/mol. The summed E-state index contributed by atoms with van der Waals surface area (Å²) >= 11 is 0. The Morgan fingerprint density at radius 1 is 1.28 bits per heavy atom. The summed E-state index contributed by atoms with van der Waals surface area (Å²) in [5.41, 5.74) is 1.06. The van der Waals surface area contributed by atoms with Crippen LogP contribution in [-0.2, 0) is 0 Å². The van der Waals surface area contributed by atoms with Crippen molar-refractivity contribution < 1.29 is 18.5 Å². The van der Waals surface area contributed by atoms with E-state index in [0.717, 1.165) is 24.2 Å². The predicted octanol–water partition coefficient (Wildman–Crippen LogP) is 3.92. The van der Waals surface area contributed by atoms with E-state index >= 15 is 0 Å². The number of hydrogen-bond acceptors (Lipinski definition) is 5.